The Bertz CT molecular complexity index is 440. The van der Waals surface area contributed by atoms with Gasteiger partial charge in [0.15, 0.2) is 0 Å². The molecule has 1 heterocycles. The minimum atomic E-state index is -0.977. The molecule has 1 fully saturated rings. The number of carbonyl (C=O) groups is 1. The monoisotopic (exact) mass is 249 g/mol. The molecule has 0 aliphatic carbocycles. The second kappa shape index (κ2) is 5.27. The SMILES string of the molecule is CCN1CCN(c2ccc(C(=O)O)c(N)c2)CC1. The van der Waals surface area contributed by atoms with Crippen LogP contribution in [-0.2, 0) is 0 Å². The zero-order valence-corrected chi connectivity index (χ0v) is 10.6. The minimum Gasteiger partial charge on any atom is -0.478 e. The fourth-order valence-electron chi connectivity index (χ4n) is 2.26. The first kappa shape index (κ1) is 12.7. The number of nitrogens with zero attached hydrogens (tertiary/aromatic N) is 2. The van der Waals surface area contributed by atoms with Gasteiger partial charge in [-0.2, -0.15) is 0 Å². The maximum Gasteiger partial charge on any atom is 0.337 e. The molecule has 0 amide bonds. The average molecular weight is 249 g/mol. The van der Waals surface area contributed by atoms with E-state index in [1.165, 1.54) is 0 Å². The summed E-state index contributed by atoms with van der Waals surface area (Å²) >= 11 is 0. The zero-order chi connectivity index (χ0) is 13.1. The molecule has 3 N–H and O–H groups in total. The third-order valence-electron chi connectivity index (χ3n) is 3.45. The van der Waals surface area contributed by atoms with Gasteiger partial charge in [-0.15, -0.1) is 0 Å². The summed E-state index contributed by atoms with van der Waals surface area (Å²) in [6.45, 7) is 7.23. The highest BCUT2D eigenvalue weighted by molar-refractivity contribution is 5.94. The molecule has 1 aromatic rings. The molecule has 0 saturated carbocycles. The summed E-state index contributed by atoms with van der Waals surface area (Å²) < 4.78 is 0. The van der Waals surface area contributed by atoms with Crippen molar-refractivity contribution in [2.45, 2.75) is 6.92 Å². The normalized spacial score (nSPS) is 16.8. The quantitative estimate of drug-likeness (QED) is 0.785. The Morgan fingerprint density at radius 1 is 1.33 bits per heavy atom. The van der Waals surface area contributed by atoms with E-state index in [0.717, 1.165) is 38.4 Å². The van der Waals surface area contributed by atoms with Gasteiger partial charge in [0.2, 0.25) is 0 Å². The summed E-state index contributed by atoms with van der Waals surface area (Å²) in [5, 5.41) is 8.93. The summed E-state index contributed by atoms with van der Waals surface area (Å²) in [6, 6.07) is 5.17. The van der Waals surface area contributed by atoms with Crippen molar-refractivity contribution in [2.24, 2.45) is 0 Å². The van der Waals surface area contributed by atoms with Crippen molar-refractivity contribution >= 4 is 17.3 Å². The summed E-state index contributed by atoms with van der Waals surface area (Å²) in [5.74, 6) is -0.977. The van der Waals surface area contributed by atoms with Gasteiger partial charge in [0, 0.05) is 37.6 Å². The maximum atomic E-state index is 10.9. The Balaban J connectivity index is 2.11. The number of rotatable bonds is 3. The molecule has 1 aliphatic rings. The van der Waals surface area contributed by atoms with Crippen LogP contribution >= 0.6 is 0 Å². The van der Waals surface area contributed by atoms with Crippen molar-refractivity contribution in [3.05, 3.63) is 23.8 Å². The molecule has 98 valence electrons. The van der Waals surface area contributed by atoms with Crippen LogP contribution in [0.1, 0.15) is 17.3 Å². The van der Waals surface area contributed by atoms with E-state index in [9.17, 15) is 4.79 Å². The molecule has 1 saturated heterocycles. The maximum absolute atomic E-state index is 10.9. The van der Waals surface area contributed by atoms with Gasteiger partial charge in [-0.05, 0) is 24.7 Å². The van der Waals surface area contributed by atoms with Crippen molar-refractivity contribution in [3.8, 4) is 0 Å². The third kappa shape index (κ3) is 2.56. The van der Waals surface area contributed by atoms with Gasteiger partial charge in [-0.3, -0.25) is 0 Å². The highest BCUT2D eigenvalue weighted by atomic mass is 16.4. The Morgan fingerprint density at radius 2 is 2.00 bits per heavy atom. The van der Waals surface area contributed by atoms with Crippen molar-refractivity contribution in [3.63, 3.8) is 0 Å². The molecule has 5 heteroatoms. The van der Waals surface area contributed by atoms with Gasteiger partial charge in [0.05, 0.1) is 5.56 Å². The first-order valence-corrected chi connectivity index (χ1v) is 6.22. The number of nitrogen functional groups attached to an aromatic ring is 1. The molecule has 5 nitrogen and oxygen atoms in total. The summed E-state index contributed by atoms with van der Waals surface area (Å²) in [4.78, 5) is 15.5. The number of nitrogens with two attached hydrogens (primary N) is 1. The number of piperazine rings is 1. The Hall–Kier alpha value is -1.75. The molecule has 18 heavy (non-hydrogen) atoms. The van der Waals surface area contributed by atoms with E-state index in [0.29, 0.717) is 5.69 Å². The Kier molecular flexibility index (Phi) is 3.72. The van der Waals surface area contributed by atoms with Gasteiger partial charge >= 0.3 is 5.97 Å². The fourth-order valence-corrected chi connectivity index (χ4v) is 2.26. The van der Waals surface area contributed by atoms with E-state index in [1.807, 2.05) is 6.07 Å². The van der Waals surface area contributed by atoms with E-state index in [-0.39, 0.29) is 5.56 Å². The first-order chi connectivity index (χ1) is 8.61. The number of hydrogen-bond donors (Lipinski definition) is 2. The molecule has 0 aromatic heterocycles. The van der Waals surface area contributed by atoms with Crippen molar-refractivity contribution in [1.29, 1.82) is 0 Å². The number of benzene rings is 1. The topological polar surface area (TPSA) is 69.8 Å². The summed E-state index contributed by atoms with van der Waals surface area (Å²) in [6.07, 6.45) is 0. The summed E-state index contributed by atoms with van der Waals surface area (Å²) in [5.41, 5.74) is 7.28. The highest BCUT2D eigenvalue weighted by Gasteiger charge is 2.17. The van der Waals surface area contributed by atoms with Crippen LogP contribution in [0.5, 0.6) is 0 Å². The lowest BCUT2D eigenvalue weighted by molar-refractivity contribution is 0.0698. The molecule has 0 atom stereocenters. The number of aromatic carboxylic acids is 1. The number of carboxylic acids is 1. The van der Waals surface area contributed by atoms with Gasteiger partial charge in [-0.25, -0.2) is 4.79 Å². The number of likely N-dealkylation sites (N-methyl/N-ethyl adjacent to an activating group) is 1. The van der Waals surface area contributed by atoms with Gasteiger partial charge in [0.1, 0.15) is 0 Å². The lowest BCUT2D eigenvalue weighted by Crippen LogP contribution is -2.46. The Labute approximate surface area is 107 Å². The largest absolute Gasteiger partial charge is 0.478 e. The second-order valence-electron chi connectivity index (χ2n) is 4.50. The number of hydrogen-bond acceptors (Lipinski definition) is 4. The highest BCUT2D eigenvalue weighted by Crippen LogP contribution is 2.22. The minimum absolute atomic E-state index is 0.172. The van der Waals surface area contributed by atoms with Crippen LogP contribution in [0.4, 0.5) is 11.4 Å². The van der Waals surface area contributed by atoms with E-state index >= 15 is 0 Å². The van der Waals surface area contributed by atoms with E-state index < -0.39 is 5.97 Å². The fraction of sp³-hybridized carbons (Fsp3) is 0.462. The standard InChI is InChI=1S/C13H19N3O2/c1-2-15-5-7-16(8-6-15)10-3-4-11(13(17)18)12(14)9-10/h3-4,9H,2,5-8,14H2,1H3,(H,17,18). The van der Waals surface area contributed by atoms with E-state index in [2.05, 4.69) is 16.7 Å². The van der Waals surface area contributed by atoms with Gasteiger partial charge < -0.3 is 20.6 Å². The van der Waals surface area contributed by atoms with Crippen LogP contribution in [0.25, 0.3) is 0 Å². The molecule has 0 unspecified atom stereocenters. The summed E-state index contributed by atoms with van der Waals surface area (Å²) in [7, 11) is 0. The van der Waals surface area contributed by atoms with Gasteiger partial charge in [0.25, 0.3) is 0 Å². The second-order valence-corrected chi connectivity index (χ2v) is 4.50. The first-order valence-electron chi connectivity index (χ1n) is 6.22. The Morgan fingerprint density at radius 3 is 2.50 bits per heavy atom. The zero-order valence-electron chi connectivity index (χ0n) is 10.6. The molecular weight excluding hydrogens is 230 g/mol. The molecule has 0 spiro atoms. The molecule has 0 radical (unpaired) electrons. The average Bonchev–Trinajstić information content (AvgIpc) is 2.38. The van der Waals surface area contributed by atoms with Crippen LogP contribution in [-0.4, -0.2) is 48.7 Å². The molecule has 0 bridgehead atoms. The van der Waals surface area contributed by atoms with Gasteiger partial charge in [-0.1, -0.05) is 6.92 Å². The molecule has 1 aromatic carbocycles. The third-order valence-corrected chi connectivity index (χ3v) is 3.45. The lowest BCUT2D eigenvalue weighted by Gasteiger charge is -2.35. The molecular formula is C13H19N3O2. The van der Waals surface area contributed by atoms with Crippen LogP contribution in [0, 0.1) is 0 Å². The van der Waals surface area contributed by atoms with Crippen LogP contribution in [0.15, 0.2) is 18.2 Å². The predicted molar refractivity (Wildman–Crippen MR) is 72.1 cm³/mol. The van der Waals surface area contributed by atoms with Crippen LogP contribution in [0.2, 0.25) is 0 Å². The number of carboxylic acid groups (broad SMARTS) is 1. The predicted octanol–water partition coefficient (Wildman–Crippen LogP) is 1.11. The number of anilines is 2. The van der Waals surface area contributed by atoms with Crippen molar-refractivity contribution in [2.75, 3.05) is 43.4 Å². The smallest absolute Gasteiger partial charge is 0.337 e. The van der Waals surface area contributed by atoms with Crippen LogP contribution in [0.3, 0.4) is 0 Å². The van der Waals surface area contributed by atoms with Crippen molar-refractivity contribution in [1.82, 2.24) is 4.90 Å². The van der Waals surface area contributed by atoms with E-state index in [1.54, 1.807) is 12.1 Å². The lowest BCUT2D eigenvalue weighted by atomic mass is 10.1. The molecule has 2 rings (SSSR count). The van der Waals surface area contributed by atoms with Crippen molar-refractivity contribution < 1.29 is 9.90 Å². The molecule has 1 aliphatic heterocycles. The van der Waals surface area contributed by atoms with Crippen LogP contribution < -0.4 is 10.6 Å². The van der Waals surface area contributed by atoms with E-state index in [4.69, 9.17) is 10.8 Å².